The Balaban J connectivity index is 1.69. The molecule has 0 bridgehead atoms. The molecular weight excluding hydrogens is 530 g/mol. The summed E-state index contributed by atoms with van der Waals surface area (Å²) in [5.74, 6) is -3.35. The quantitative estimate of drug-likeness (QED) is 0.109. The molecule has 2 N–H and O–H groups in total. The van der Waals surface area contributed by atoms with Gasteiger partial charge in [0.1, 0.15) is 5.92 Å². The van der Waals surface area contributed by atoms with Crippen molar-refractivity contribution in [3.63, 3.8) is 0 Å². The molecule has 11 nitrogen and oxygen atoms in total. The van der Waals surface area contributed by atoms with E-state index >= 15 is 0 Å². The van der Waals surface area contributed by atoms with Crippen molar-refractivity contribution in [1.82, 2.24) is 0 Å². The molecule has 2 atom stereocenters. The number of carbonyl (C=O) groups excluding carboxylic acids is 2. The lowest BCUT2D eigenvalue weighted by Gasteiger charge is -2.31. The summed E-state index contributed by atoms with van der Waals surface area (Å²) in [4.78, 5) is 43.5. The van der Waals surface area contributed by atoms with Gasteiger partial charge in [0.25, 0.3) is 5.69 Å². The Labute approximate surface area is 239 Å². The van der Waals surface area contributed by atoms with Gasteiger partial charge in [0, 0.05) is 42.5 Å². The maximum atomic E-state index is 13.4. The van der Waals surface area contributed by atoms with Gasteiger partial charge < -0.3 is 24.6 Å². The number of para-hydroxylation sites is 1. The van der Waals surface area contributed by atoms with Crippen molar-refractivity contribution in [2.75, 3.05) is 31.7 Å². The number of hydrogen-bond acceptors (Lipinski definition) is 10. The van der Waals surface area contributed by atoms with E-state index in [1.165, 1.54) is 31.4 Å². The number of aliphatic imine (C=N–C) groups is 1. The summed E-state index contributed by atoms with van der Waals surface area (Å²) < 4.78 is 10.6. The van der Waals surface area contributed by atoms with E-state index in [2.05, 4.69) is 4.99 Å². The SMILES string of the molecule is CCCN(CCCCCOC(=O)C1=C(C)N=C(C)C(C(=O)OC)C1c1cccc([N+](=O)[O-])c1)c1cccc(O)c1O. The monoisotopic (exact) mass is 567 g/mol. The lowest BCUT2D eigenvalue weighted by Crippen LogP contribution is -2.36. The summed E-state index contributed by atoms with van der Waals surface area (Å²) in [5.41, 5.74) is 1.82. The molecular formula is C30H37N3O8. The fraction of sp³-hybridized carbons (Fsp3) is 0.433. The van der Waals surface area contributed by atoms with Crippen LogP contribution < -0.4 is 4.90 Å². The molecule has 2 unspecified atom stereocenters. The van der Waals surface area contributed by atoms with Gasteiger partial charge in [0.15, 0.2) is 11.5 Å². The number of phenolic OH excluding ortho intramolecular Hbond substituents is 2. The van der Waals surface area contributed by atoms with Gasteiger partial charge in [0.05, 0.1) is 29.9 Å². The van der Waals surface area contributed by atoms with Gasteiger partial charge >= 0.3 is 11.9 Å². The number of carbonyl (C=O) groups is 2. The highest BCUT2D eigenvalue weighted by Gasteiger charge is 2.42. The number of ether oxygens (including phenoxy) is 2. The lowest BCUT2D eigenvalue weighted by atomic mass is 9.75. The number of unbranched alkanes of at least 4 members (excludes halogenated alkanes) is 2. The van der Waals surface area contributed by atoms with Crippen LogP contribution in [0, 0.1) is 16.0 Å². The van der Waals surface area contributed by atoms with Crippen LogP contribution in [-0.2, 0) is 19.1 Å². The summed E-state index contributed by atoms with van der Waals surface area (Å²) in [7, 11) is 1.24. The Morgan fingerprint density at radius 1 is 1.07 bits per heavy atom. The van der Waals surface area contributed by atoms with Crippen LogP contribution in [-0.4, -0.2) is 59.6 Å². The highest BCUT2D eigenvalue weighted by atomic mass is 16.6. The molecule has 1 aliphatic heterocycles. The average Bonchev–Trinajstić information content (AvgIpc) is 2.95. The zero-order valence-corrected chi connectivity index (χ0v) is 23.8. The van der Waals surface area contributed by atoms with Crippen LogP contribution in [0.25, 0.3) is 0 Å². The van der Waals surface area contributed by atoms with Gasteiger partial charge in [-0.2, -0.15) is 0 Å². The summed E-state index contributed by atoms with van der Waals surface area (Å²) in [6, 6.07) is 10.7. The third kappa shape index (κ3) is 7.41. The molecule has 3 rings (SSSR count). The predicted octanol–water partition coefficient (Wildman–Crippen LogP) is 5.26. The number of hydrogen-bond donors (Lipinski definition) is 2. The Morgan fingerprint density at radius 3 is 2.49 bits per heavy atom. The van der Waals surface area contributed by atoms with Crippen LogP contribution in [0.3, 0.4) is 0 Å². The normalized spacial score (nSPS) is 16.6. The molecule has 0 aromatic heterocycles. The maximum Gasteiger partial charge on any atom is 0.336 e. The third-order valence-electron chi connectivity index (χ3n) is 7.08. The summed E-state index contributed by atoms with van der Waals surface area (Å²) in [6.45, 7) is 6.83. The van der Waals surface area contributed by atoms with Crippen LogP contribution in [0.1, 0.15) is 57.9 Å². The maximum absolute atomic E-state index is 13.4. The second-order valence-corrected chi connectivity index (χ2v) is 9.91. The van der Waals surface area contributed by atoms with E-state index in [9.17, 15) is 29.9 Å². The molecule has 0 radical (unpaired) electrons. The molecule has 11 heteroatoms. The van der Waals surface area contributed by atoms with Gasteiger partial charge in [0.2, 0.25) is 0 Å². The fourth-order valence-corrected chi connectivity index (χ4v) is 5.15. The number of benzene rings is 2. The molecule has 0 fully saturated rings. The summed E-state index contributed by atoms with van der Waals surface area (Å²) in [6.07, 6.45) is 2.94. The molecule has 2 aromatic rings. The number of nitrogens with zero attached hydrogens (tertiary/aromatic N) is 3. The van der Waals surface area contributed by atoms with Crippen LogP contribution >= 0.6 is 0 Å². The minimum Gasteiger partial charge on any atom is -0.504 e. The molecule has 2 aromatic carbocycles. The number of esters is 2. The number of allylic oxidation sites excluding steroid dienone is 1. The summed E-state index contributed by atoms with van der Waals surface area (Å²) in [5, 5.41) is 31.5. The second kappa shape index (κ2) is 14.3. The van der Waals surface area contributed by atoms with Gasteiger partial charge in [-0.3, -0.25) is 19.9 Å². The fourth-order valence-electron chi connectivity index (χ4n) is 5.15. The lowest BCUT2D eigenvalue weighted by molar-refractivity contribution is -0.384. The van der Waals surface area contributed by atoms with E-state index in [0.717, 1.165) is 19.3 Å². The zero-order chi connectivity index (χ0) is 30.1. The number of aromatic hydroxyl groups is 2. The van der Waals surface area contributed by atoms with Crippen molar-refractivity contribution in [3.8, 4) is 11.5 Å². The van der Waals surface area contributed by atoms with Crippen LogP contribution in [0.15, 0.2) is 58.7 Å². The first-order valence-corrected chi connectivity index (χ1v) is 13.6. The van der Waals surface area contributed by atoms with E-state index in [-0.39, 0.29) is 29.4 Å². The number of anilines is 1. The van der Waals surface area contributed by atoms with Crippen molar-refractivity contribution in [2.45, 2.75) is 52.4 Å². The van der Waals surface area contributed by atoms with Crippen molar-refractivity contribution < 1.29 is 34.2 Å². The number of rotatable bonds is 13. The van der Waals surface area contributed by atoms with Crippen LogP contribution in [0.4, 0.5) is 11.4 Å². The smallest absolute Gasteiger partial charge is 0.336 e. The minimum absolute atomic E-state index is 0.133. The van der Waals surface area contributed by atoms with Crippen LogP contribution in [0.2, 0.25) is 0 Å². The molecule has 0 amide bonds. The zero-order valence-electron chi connectivity index (χ0n) is 23.8. The number of nitro benzene ring substituents is 1. The molecule has 0 spiro atoms. The minimum atomic E-state index is -0.938. The van der Waals surface area contributed by atoms with Crippen molar-refractivity contribution in [1.29, 1.82) is 0 Å². The number of non-ortho nitro benzene ring substituents is 1. The molecule has 0 saturated heterocycles. The number of methoxy groups -OCH3 is 1. The first kappa shape index (κ1) is 31.1. The first-order valence-electron chi connectivity index (χ1n) is 13.6. The molecule has 0 saturated carbocycles. The first-order chi connectivity index (χ1) is 19.6. The molecule has 41 heavy (non-hydrogen) atoms. The number of nitro groups is 1. The van der Waals surface area contributed by atoms with E-state index in [1.54, 1.807) is 32.0 Å². The van der Waals surface area contributed by atoms with Gasteiger partial charge in [-0.25, -0.2) is 4.79 Å². The molecule has 1 heterocycles. The molecule has 0 aliphatic carbocycles. The van der Waals surface area contributed by atoms with Crippen LogP contribution in [0.5, 0.6) is 11.5 Å². The Kier molecular flexibility index (Phi) is 10.8. The largest absolute Gasteiger partial charge is 0.504 e. The standard InChI is InChI=1S/C30H37N3O8/c1-5-15-32(23-13-10-14-24(34)28(23)35)16-7-6-8-17-41-30(37)26-20(3)31-19(2)25(29(36)40-4)27(26)21-11-9-12-22(18-21)33(38)39/h9-14,18,25,27,34-35H,5-8,15-17H2,1-4H3. The van der Waals surface area contributed by atoms with Crippen molar-refractivity contribution in [3.05, 3.63) is 69.4 Å². The van der Waals surface area contributed by atoms with E-state index in [1.807, 2.05) is 11.8 Å². The highest BCUT2D eigenvalue weighted by Crippen LogP contribution is 2.41. The highest BCUT2D eigenvalue weighted by molar-refractivity contribution is 6.07. The van der Waals surface area contributed by atoms with Crippen molar-refractivity contribution in [2.24, 2.45) is 10.9 Å². The Bertz CT molecular complexity index is 1340. The Morgan fingerprint density at radius 2 is 1.80 bits per heavy atom. The van der Waals surface area contributed by atoms with E-state index in [4.69, 9.17) is 9.47 Å². The number of phenols is 2. The summed E-state index contributed by atoms with van der Waals surface area (Å²) >= 11 is 0. The predicted molar refractivity (Wildman–Crippen MR) is 154 cm³/mol. The Hall–Kier alpha value is -4.41. The van der Waals surface area contributed by atoms with E-state index < -0.39 is 28.7 Å². The van der Waals surface area contributed by atoms with Gasteiger partial charge in [-0.15, -0.1) is 0 Å². The van der Waals surface area contributed by atoms with Gasteiger partial charge in [-0.1, -0.05) is 25.1 Å². The average molecular weight is 568 g/mol. The van der Waals surface area contributed by atoms with Gasteiger partial charge in [-0.05, 0) is 57.2 Å². The van der Waals surface area contributed by atoms with E-state index in [0.29, 0.717) is 42.2 Å². The third-order valence-corrected chi connectivity index (χ3v) is 7.08. The second-order valence-electron chi connectivity index (χ2n) is 9.91. The molecule has 1 aliphatic rings. The molecule has 220 valence electrons. The van der Waals surface area contributed by atoms with Crippen molar-refractivity contribution >= 4 is 29.0 Å². The topological polar surface area (TPSA) is 152 Å².